The number of carbonyl (C=O) groups excluding carboxylic acids is 2. The van der Waals surface area contributed by atoms with Crippen molar-refractivity contribution in [1.29, 1.82) is 0 Å². The Balaban J connectivity index is 1.57. The lowest BCUT2D eigenvalue weighted by Gasteiger charge is -2.15. The molecule has 1 aromatic carbocycles. The van der Waals surface area contributed by atoms with E-state index in [1.807, 2.05) is 0 Å². The molecule has 0 saturated carbocycles. The van der Waals surface area contributed by atoms with Crippen LogP contribution in [0.1, 0.15) is 30.4 Å². The second-order valence-electron chi connectivity index (χ2n) is 7.04. The Bertz CT molecular complexity index is 1030. The Labute approximate surface area is 171 Å². The number of primary amides is 1. The molecule has 1 aliphatic carbocycles. The summed E-state index contributed by atoms with van der Waals surface area (Å²) in [5.74, 6) is -1.47. The second kappa shape index (κ2) is 9.29. The molecule has 3 rings (SSSR count). The van der Waals surface area contributed by atoms with Gasteiger partial charge < -0.3 is 30.6 Å². The third-order valence-corrected chi connectivity index (χ3v) is 4.92. The first-order chi connectivity index (χ1) is 14.3. The first-order valence-corrected chi connectivity index (χ1v) is 9.62. The molecule has 10 nitrogen and oxygen atoms in total. The van der Waals surface area contributed by atoms with Crippen LogP contribution in [0.3, 0.4) is 0 Å². The van der Waals surface area contributed by atoms with Crippen molar-refractivity contribution in [2.75, 3.05) is 13.2 Å². The molecular formula is C20H23N3O7. The van der Waals surface area contributed by atoms with E-state index in [2.05, 4.69) is 10.6 Å². The lowest BCUT2D eigenvalue weighted by Crippen LogP contribution is -2.43. The molecule has 5 N–H and O–H groups in total. The number of hydrogen-bond acceptors (Lipinski definition) is 6. The van der Waals surface area contributed by atoms with E-state index in [0.717, 1.165) is 35.8 Å². The number of aliphatic carboxylic acids is 1. The topological polar surface area (TPSA) is 161 Å². The Morgan fingerprint density at radius 1 is 1.23 bits per heavy atom. The number of fused-ring (bicyclic) bond motifs is 3. The summed E-state index contributed by atoms with van der Waals surface area (Å²) in [5, 5.41) is 14.8. The fourth-order valence-electron chi connectivity index (χ4n) is 3.51. The number of amides is 3. The summed E-state index contributed by atoms with van der Waals surface area (Å²) < 4.78 is 10.8. The van der Waals surface area contributed by atoms with E-state index in [0.29, 0.717) is 17.8 Å². The molecule has 0 bridgehead atoms. The van der Waals surface area contributed by atoms with Crippen molar-refractivity contribution < 1.29 is 28.6 Å². The standard InChI is InChI=1S/C20H23N3O7/c21-20(28)22-8-2-5-15(18(25)26)23-17(24)10-29-11-6-7-13-12-3-1-4-14(12)19(27)30-16(13)9-11/h6-7,9,15H,1-5,8,10H2,(H,23,24)(H,25,26)(H3,21,22,28)/t15-/m1/s1. The summed E-state index contributed by atoms with van der Waals surface area (Å²) in [5.41, 5.74) is 6.71. The lowest BCUT2D eigenvalue weighted by atomic mass is 10.1. The van der Waals surface area contributed by atoms with Gasteiger partial charge in [0.2, 0.25) is 0 Å². The van der Waals surface area contributed by atoms with Crippen molar-refractivity contribution in [3.05, 3.63) is 39.7 Å². The monoisotopic (exact) mass is 417 g/mol. The first kappa shape index (κ1) is 21.2. The maximum atomic E-state index is 12.1. The van der Waals surface area contributed by atoms with Gasteiger partial charge in [0, 0.05) is 23.6 Å². The van der Waals surface area contributed by atoms with Gasteiger partial charge in [-0.25, -0.2) is 14.4 Å². The summed E-state index contributed by atoms with van der Waals surface area (Å²) in [4.78, 5) is 46.1. The fourth-order valence-corrected chi connectivity index (χ4v) is 3.51. The molecule has 0 aliphatic heterocycles. The summed E-state index contributed by atoms with van der Waals surface area (Å²) in [6, 6.07) is 3.20. The SMILES string of the molecule is NC(=O)NCCC[C@@H](NC(=O)COc1ccc2c3c(c(=O)oc2c1)CCC3)C(=O)O. The van der Waals surface area contributed by atoms with E-state index >= 15 is 0 Å². The number of ether oxygens (including phenoxy) is 1. The van der Waals surface area contributed by atoms with Crippen LogP contribution >= 0.6 is 0 Å². The number of rotatable bonds is 9. The maximum Gasteiger partial charge on any atom is 0.339 e. The van der Waals surface area contributed by atoms with E-state index in [1.165, 1.54) is 0 Å². The average molecular weight is 417 g/mol. The molecule has 30 heavy (non-hydrogen) atoms. The van der Waals surface area contributed by atoms with Gasteiger partial charge in [-0.1, -0.05) is 0 Å². The summed E-state index contributed by atoms with van der Waals surface area (Å²) in [6.45, 7) is -0.193. The highest BCUT2D eigenvalue weighted by atomic mass is 16.5. The minimum absolute atomic E-state index is 0.119. The molecule has 0 saturated heterocycles. The van der Waals surface area contributed by atoms with Crippen LogP contribution in [0.2, 0.25) is 0 Å². The van der Waals surface area contributed by atoms with Crippen LogP contribution < -0.4 is 26.7 Å². The number of hydrogen-bond donors (Lipinski definition) is 4. The molecule has 10 heteroatoms. The normalized spacial score (nSPS) is 13.5. The van der Waals surface area contributed by atoms with Crippen molar-refractivity contribution in [3.63, 3.8) is 0 Å². The third kappa shape index (κ3) is 5.07. The number of carbonyl (C=O) groups is 3. The van der Waals surface area contributed by atoms with Crippen LogP contribution in [0, 0.1) is 0 Å². The number of nitrogens with one attached hydrogen (secondary N) is 2. The van der Waals surface area contributed by atoms with Crippen molar-refractivity contribution in [2.45, 2.75) is 38.1 Å². The first-order valence-electron chi connectivity index (χ1n) is 9.62. The summed E-state index contributed by atoms with van der Waals surface area (Å²) >= 11 is 0. The molecule has 0 unspecified atom stereocenters. The molecule has 0 radical (unpaired) electrons. The minimum Gasteiger partial charge on any atom is -0.484 e. The molecule has 1 heterocycles. The van der Waals surface area contributed by atoms with E-state index < -0.39 is 30.6 Å². The molecule has 1 aromatic heterocycles. The highest BCUT2D eigenvalue weighted by Gasteiger charge is 2.21. The smallest absolute Gasteiger partial charge is 0.339 e. The molecule has 3 amide bonds. The van der Waals surface area contributed by atoms with Crippen molar-refractivity contribution >= 4 is 28.9 Å². The number of nitrogens with two attached hydrogens (primary N) is 1. The van der Waals surface area contributed by atoms with Gasteiger partial charge in [0.1, 0.15) is 17.4 Å². The van der Waals surface area contributed by atoms with E-state index in [9.17, 15) is 24.3 Å². The molecule has 1 atom stereocenters. The maximum absolute atomic E-state index is 12.1. The Morgan fingerprint density at radius 2 is 2.00 bits per heavy atom. The van der Waals surface area contributed by atoms with Crippen LogP contribution in [0.4, 0.5) is 4.79 Å². The molecule has 0 fully saturated rings. The van der Waals surface area contributed by atoms with Gasteiger partial charge in [-0.15, -0.1) is 0 Å². The van der Waals surface area contributed by atoms with Gasteiger partial charge in [-0.2, -0.15) is 0 Å². The highest BCUT2D eigenvalue weighted by molar-refractivity contribution is 5.85. The number of aryl methyl sites for hydroxylation is 1. The lowest BCUT2D eigenvalue weighted by molar-refractivity contribution is -0.142. The largest absolute Gasteiger partial charge is 0.484 e. The molecular weight excluding hydrogens is 394 g/mol. The Morgan fingerprint density at radius 3 is 2.73 bits per heavy atom. The van der Waals surface area contributed by atoms with Gasteiger partial charge in [-0.05, 0) is 49.8 Å². The number of carboxylic acid groups (broad SMARTS) is 1. The van der Waals surface area contributed by atoms with E-state index in [4.69, 9.17) is 14.9 Å². The van der Waals surface area contributed by atoms with Gasteiger partial charge >= 0.3 is 17.6 Å². The quantitative estimate of drug-likeness (QED) is 0.344. The van der Waals surface area contributed by atoms with Crippen LogP contribution in [0.25, 0.3) is 11.0 Å². The van der Waals surface area contributed by atoms with E-state index in [1.54, 1.807) is 18.2 Å². The second-order valence-corrected chi connectivity index (χ2v) is 7.04. The number of benzene rings is 1. The molecule has 2 aromatic rings. The average Bonchev–Trinajstić information content (AvgIpc) is 3.19. The number of carboxylic acids is 1. The highest BCUT2D eigenvalue weighted by Crippen LogP contribution is 2.29. The number of urea groups is 1. The minimum atomic E-state index is -1.19. The Hall–Kier alpha value is -3.56. The van der Waals surface area contributed by atoms with Crippen LogP contribution in [0.15, 0.2) is 27.4 Å². The third-order valence-electron chi connectivity index (χ3n) is 4.92. The molecule has 0 spiro atoms. The van der Waals surface area contributed by atoms with Crippen molar-refractivity contribution in [2.24, 2.45) is 5.73 Å². The van der Waals surface area contributed by atoms with Crippen LogP contribution in [-0.4, -0.2) is 42.2 Å². The van der Waals surface area contributed by atoms with Gasteiger partial charge in [0.05, 0.1) is 0 Å². The molecule has 1 aliphatic rings. The summed E-state index contributed by atoms with van der Waals surface area (Å²) in [7, 11) is 0. The van der Waals surface area contributed by atoms with E-state index in [-0.39, 0.29) is 18.6 Å². The summed E-state index contributed by atoms with van der Waals surface area (Å²) in [6.07, 6.45) is 2.91. The zero-order chi connectivity index (χ0) is 21.7. The van der Waals surface area contributed by atoms with Crippen molar-refractivity contribution in [1.82, 2.24) is 10.6 Å². The van der Waals surface area contributed by atoms with Gasteiger partial charge in [0.25, 0.3) is 5.91 Å². The molecule has 160 valence electrons. The fraction of sp³-hybridized carbons (Fsp3) is 0.400. The zero-order valence-electron chi connectivity index (χ0n) is 16.2. The van der Waals surface area contributed by atoms with Crippen LogP contribution in [-0.2, 0) is 22.4 Å². The van der Waals surface area contributed by atoms with Crippen molar-refractivity contribution in [3.8, 4) is 5.75 Å². The predicted octanol–water partition coefficient (Wildman–Crippen LogP) is 0.678. The predicted molar refractivity (Wildman–Crippen MR) is 106 cm³/mol. The van der Waals surface area contributed by atoms with Crippen LogP contribution in [0.5, 0.6) is 5.75 Å². The van der Waals surface area contributed by atoms with Gasteiger partial charge in [0.15, 0.2) is 6.61 Å². The zero-order valence-corrected chi connectivity index (χ0v) is 16.2. The van der Waals surface area contributed by atoms with Gasteiger partial charge in [-0.3, -0.25) is 4.79 Å². The Kier molecular flexibility index (Phi) is 6.55.